The van der Waals surface area contributed by atoms with Gasteiger partial charge in [0.2, 0.25) is 5.91 Å². The summed E-state index contributed by atoms with van der Waals surface area (Å²) in [6.07, 6.45) is 0.646. The van der Waals surface area contributed by atoms with Crippen molar-refractivity contribution in [2.24, 2.45) is 11.1 Å². The van der Waals surface area contributed by atoms with Gasteiger partial charge in [0.1, 0.15) is 5.60 Å². The number of rotatable bonds is 8. The van der Waals surface area contributed by atoms with E-state index in [2.05, 4.69) is 10.6 Å². The molecule has 2 amide bonds. The molecule has 0 fully saturated rings. The molecule has 0 saturated heterocycles. The second-order valence-electron chi connectivity index (χ2n) is 8.44. The topological polar surface area (TPSA) is 93.5 Å². The molecule has 0 aliphatic heterocycles. The van der Waals surface area contributed by atoms with Crippen molar-refractivity contribution < 1.29 is 14.3 Å². The van der Waals surface area contributed by atoms with Crippen molar-refractivity contribution in [1.29, 1.82) is 0 Å². The van der Waals surface area contributed by atoms with E-state index in [0.717, 1.165) is 0 Å². The first-order chi connectivity index (χ1) is 10.1. The molecule has 6 heteroatoms. The molecule has 0 aromatic heterocycles. The Morgan fingerprint density at radius 3 is 2.04 bits per heavy atom. The van der Waals surface area contributed by atoms with Crippen molar-refractivity contribution >= 4 is 11.8 Å². The van der Waals surface area contributed by atoms with Crippen LogP contribution < -0.4 is 16.4 Å². The van der Waals surface area contributed by atoms with E-state index < -0.39 is 5.60 Å². The highest BCUT2D eigenvalue weighted by Gasteiger charge is 2.29. The number of hydrogen-bond donors (Lipinski definition) is 3. The highest BCUT2D eigenvalue weighted by molar-refractivity contribution is 5.89. The van der Waals surface area contributed by atoms with Crippen molar-refractivity contribution in [3.8, 4) is 0 Å². The third kappa shape index (κ3) is 9.56. The van der Waals surface area contributed by atoms with Crippen LogP contribution in [0.25, 0.3) is 0 Å². The highest BCUT2D eigenvalue weighted by Crippen LogP contribution is 2.18. The number of ether oxygens (including phenoxy) is 1. The number of nitrogens with one attached hydrogen (secondary N) is 2. The standard InChI is InChI=1S/C17H35N3O3/c1-12(15(2,3)4)20-13(21)11-19-14(22)17(7,8)23-10-9-16(5,6)18/h12H,9-11,18H2,1-8H3,(H,19,22)(H,20,21). The van der Waals surface area contributed by atoms with Gasteiger partial charge in [-0.2, -0.15) is 0 Å². The number of carbonyl (C=O) groups is 2. The van der Waals surface area contributed by atoms with Gasteiger partial charge < -0.3 is 21.1 Å². The van der Waals surface area contributed by atoms with Crippen molar-refractivity contribution in [1.82, 2.24) is 10.6 Å². The lowest BCUT2D eigenvalue weighted by Crippen LogP contribution is -2.50. The zero-order valence-electron chi connectivity index (χ0n) is 16.0. The fourth-order valence-corrected chi connectivity index (χ4v) is 1.52. The maximum absolute atomic E-state index is 12.2. The monoisotopic (exact) mass is 329 g/mol. The van der Waals surface area contributed by atoms with Crippen molar-refractivity contribution in [2.75, 3.05) is 13.2 Å². The van der Waals surface area contributed by atoms with Crippen LogP contribution in [0.3, 0.4) is 0 Å². The SMILES string of the molecule is CC(NC(=O)CNC(=O)C(C)(C)OCCC(C)(C)N)C(C)(C)C. The van der Waals surface area contributed by atoms with Crippen LogP contribution in [0.15, 0.2) is 0 Å². The molecule has 0 aromatic carbocycles. The van der Waals surface area contributed by atoms with Gasteiger partial charge in [0.05, 0.1) is 6.54 Å². The minimum absolute atomic E-state index is 0.0166. The molecule has 1 atom stereocenters. The lowest BCUT2D eigenvalue weighted by molar-refractivity contribution is -0.144. The van der Waals surface area contributed by atoms with Gasteiger partial charge in [-0.3, -0.25) is 9.59 Å². The third-order valence-electron chi connectivity index (χ3n) is 3.84. The molecule has 23 heavy (non-hydrogen) atoms. The zero-order valence-corrected chi connectivity index (χ0v) is 16.0. The molecule has 0 spiro atoms. The Kier molecular flexibility index (Phi) is 7.70. The van der Waals surface area contributed by atoms with Crippen molar-refractivity contribution in [2.45, 2.75) is 79.0 Å². The number of hydrogen-bond acceptors (Lipinski definition) is 4. The molecule has 0 rings (SSSR count). The minimum atomic E-state index is -0.999. The summed E-state index contributed by atoms with van der Waals surface area (Å²) < 4.78 is 5.61. The van der Waals surface area contributed by atoms with E-state index in [1.165, 1.54) is 0 Å². The lowest BCUT2D eigenvalue weighted by Gasteiger charge is -2.29. The van der Waals surface area contributed by atoms with Crippen molar-refractivity contribution in [3.05, 3.63) is 0 Å². The minimum Gasteiger partial charge on any atom is -0.366 e. The molecule has 136 valence electrons. The first kappa shape index (κ1) is 21.9. The molecule has 1 unspecified atom stereocenters. The third-order valence-corrected chi connectivity index (χ3v) is 3.84. The summed E-state index contributed by atoms with van der Waals surface area (Å²) >= 11 is 0. The van der Waals surface area contributed by atoms with Gasteiger partial charge in [-0.05, 0) is 46.5 Å². The van der Waals surface area contributed by atoms with Crippen LogP contribution in [-0.4, -0.2) is 42.1 Å². The Morgan fingerprint density at radius 1 is 1.09 bits per heavy atom. The van der Waals surface area contributed by atoms with Crippen LogP contribution in [0.4, 0.5) is 0 Å². The van der Waals surface area contributed by atoms with E-state index in [9.17, 15) is 9.59 Å². The molecule has 0 aliphatic rings. The number of nitrogens with two attached hydrogens (primary N) is 1. The number of amides is 2. The fraction of sp³-hybridized carbons (Fsp3) is 0.882. The zero-order chi connectivity index (χ0) is 18.5. The Bertz CT molecular complexity index is 406. The maximum atomic E-state index is 12.2. The van der Waals surface area contributed by atoms with E-state index in [0.29, 0.717) is 13.0 Å². The van der Waals surface area contributed by atoms with Gasteiger partial charge in [0.25, 0.3) is 5.91 Å². The second kappa shape index (κ2) is 8.11. The summed E-state index contributed by atoms with van der Waals surface area (Å²) in [7, 11) is 0. The summed E-state index contributed by atoms with van der Waals surface area (Å²) in [6, 6.07) is 0.0166. The Labute approximate surface area is 140 Å². The molecule has 0 heterocycles. The Morgan fingerprint density at radius 2 is 1.61 bits per heavy atom. The van der Waals surface area contributed by atoms with Gasteiger partial charge in [0, 0.05) is 18.2 Å². The highest BCUT2D eigenvalue weighted by atomic mass is 16.5. The summed E-state index contributed by atoms with van der Waals surface area (Å²) in [6.45, 7) is 15.6. The summed E-state index contributed by atoms with van der Waals surface area (Å²) in [5.74, 6) is -0.523. The van der Waals surface area contributed by atoms with Gasteiger partial charge in [-0.1, -0.05) is 20.8 Å². The van der Waals surface area contributed by atoms with E-state index in [-0.39, 0.29) is 35.4 Å². The van der Waals surface area contributed by atoms with Crippen molar-refractivity contribution in [3.63, 3.8) is 0 Å². The van der Waals surface area contributed by atoms with Crippen LogP contribution in [0.2, 0.25) is 0 Å². The lowest BCUT2D eigenvalue weighted by atomic mass is 9.88. The molecule has 0 aromatic rings. The van der Waals surface area contributed by atoms with Gasteiger partial charge in [-0.15, -0.1) is 0 Å². The van der Waals surface area contributed by atoms with Crippen LogP contribution in [0.5, 0.6) is 0 Å². The number of carbonyl (C=O) groups excluding carboxylic acids is 2. The van der Waals surface area contributed by atoms with Gasteiger partial charge in [-0.25, -0.2) is 0 Å². The van der Waals surface area contributed by atoms with E-state index in [1.807, 2.05) is 41.5 Å². The van der Waals surface area contributed by atoms with E-state index >= 15 is 0 Å². The molecule has 0 saturated carbocycles. The average molecular weight is 329 g/mol. The normalized spacial score (nSPS) is 14.3. The van der Waals surface area contributed by atoms with Gasteiger partial charge >= 0.3 is 0 Å². The molecule has 0 bridgehead atoms. The van der Waals surface area contributed by atoms with Gasteiger partial charge in [0.15, 0.2) is 0 Å². The molecule has 0 radical (unpaired) electrons. The molecule has 6 nitrogen and oxygen atoms in total. The molecule has 4 N–H and O–H groups in total. The quantitative estimate of drug-likeness (QED) is 0.630. The average Bonchev–Trinajstić information content (AvgIpc) is 2.32. The smallest absolute Gasteiger partial charge is 0.252 e. The first-order valence-electron chi connectivity index (χ1n) is 8.16. The predicted molar refractivity (Wildman–Crippen MR) is 93.0 cm³/mol. The Balaban J connectivity index is 4.28. The van der Waals surface area contributed by atoms with Crippen LogP contribution in [-0.2, 0) is 14.3 Å². The summed E-state index contributed by atoms with van der Waals surface area (Å²) in [5.41, 5.74) is 4.52. The first-order valence-corrected chi connectivity index (χ1v) is 8.16. The summed E-state index contributed by atoms with van der Waals surface area (Å²) in [5, 5.41) is 5.50. The largest absolute Gasteiger partial charge is 0.366 e. The maximum Gasteiger partial charge on any atom is 0.252 e. The second-order valence-corrected chi connectivity index (χ2v) is 8.44. The molecular formula is C17H35N3O3. The van der Waals surface area contributed by atoms with Crippen LogP contribution >= 0.6 is 0 Å². The summed E-state index contributed by atoms with van der Waals surface area (Å²) in [4.78, 5) is 24.1. The van der Waals surface area contributed by atoms with Crippen LogP contribution in [0.1, 0.15) is 61.8 Å². The van der Waals surface area contributed by atoms with E-state index in [4.69, 9.17) is 10.5 Å². The molecule has 0 aliphatic carbocycles. The van der Waals surface area contributed by atoms with E-state index in [1.54, 1.807) is 13.8 Å². The predicted octanol–water partition coefficient (Wildman–Crippen LogP) is 1.58. The molecular weight excluding hydrogens is 294 g/mol. The Hall–Kier alpha value is -1.14. The van der Waals surface area contributed by atoms with Crippen LogP contribution in [0, 0.1) is 5.41 Å². The fourth-order valence-electron chi connectivity index (χ4n) is 1.52.